The Morgan fingerprint density at radius 3 is 2.74 bits per heavy atom. The summed E-state index contributed by atoms with van der Waals surface area (Å²) in [7, 11) is 0. The SMILES string of the molecule is Cc1c(Nc2csc3cc(CNCCO)cnc23)cccc1-c1cccc(OCCCNCCC(F)F)c1. The minimum absolute atomic E-state index is 0.115. The number of ether oxygens (including phenoxy) is 1. The first-order valence-electron chi connectivity index (χ1n) is 12.8. The molecular weight excluding hydrogens is 506 g/mol. The summed E-state index contributed by atoms with van der Waals surface area (Å²) in [6.07, 6.45) is 0.229. The predicted octanol–water partition coefficient (Wildman–Crippen LogP) is 6.11. The molecular formula is C29H34F2N4O2S. The van der Waals surface area contributed by atoms with Crippen molar-refractivity contribution in [2.45, 2.75) is 32.7 Å². The van der Waals surface area contributed by atoms with Crippen LogP contribution in [0.25, 0.3) is 21.3 Å². The van der Waals surface area contributed by atoms with E-state index in [2.05, 4.69) is 57.5 Å². The third-order valence-corrected chi connectivity index (χ3v) is 7.06. The number of thiophene rings is 1. The molecule has 38 heavy (non-hydrogen) atoms. The van der Waals surface area contributed by atoms with Gasteiger partial charge in [0.15, 0.2) is 0 Å². The summed E-state index contributed by atoms with van der Waals surface area (Å²) < 4.78 is 31.4. The van der Waals surface area contributed by atoms with Crippen molar-refractivity contribution in [3.8, 4) is 16.9 Å². The van der Waals surface area contributed by atoms with Gasteiger partial charge in [0.05, 0.1) is 23.6 Å². The fourth-order valence-electron chi connectivity index (χ4n) is 4.16. The maximum Gasteiger partial charge on any atom is 0.239 e. The number of nitrogens with one attached hydrogen (secondary N) is 3. The van der Waals surface area contributed by atoms with Gasteiger partial charge >= 0.3 is 0 Å². The quantitative estimate of drug-likeness (QED) is 0.136. The van der Waals surface area contributed by atoms with E-state index < -0.39 is 6.43 Å². The second-order valence-electron chi connectivity index (χ2n) is 9.00. The number of alkyl halides is 2. The lowest BCUT2D eigenvalue weighted by molar-refractivity contribution is 0.137. The Morgan fingerprint density at radius 1 is 1.03 bits per heavy atom. The molecule has 202 valence electrons. The van der Waals surface area contributed by atoms with Crippen LogP contribution in [0.4, 0.5) is 20.2 Å². The lowest BCUT2D eigenvalue weighted by atomic mass is 9.99. The van der Waals surface area contributed by atoms with E-state index in [9.17, 15) is 8.78 Å². The number of nitrogens with zero attached hydrogens (tertiary/aromatic N) is 1. The van der Waals surface area contributed by atoms with E-state index in [0.717, 1.165) is 56.0 Å². The van der Waals surface area contributed by atoms with Crippen LogP contribution in [0.3, 0.4) is 0 Å². The summed E-state index contributed by atoms with van der Waals surface area (Å²) in [5.41, 5.74) is 7.30. The van der Waals surface area contributed by atoms with Crippen LogP contribution < -0.4 is 20.7 Å². The van der Waals surface area contributed by atoms with E-state index in [1.54, 1.807) is 11.3 Å². The standard InChI is InChI=1S/C29H34F2N4O2S/c1-20-24(22-5-2-6-23(16-22)37-14-4-10-32-11-9-28(30)31)7-3-8-25(20)35-26-19-38-27-15-21(17-33-12-13-36)18-34-29(26)27/h2-3,5-8,15-16,18-19,28,32-33,35-36H,4,9-14,17H2,1H3. The number of aliphatic hydroxyl groups excluding tert-OH is 1. The molecule has 6 nitrogen and oxygen atoms in total. The Hall–Kier alpha value is -3.11. The lowest BCUT2D eigenvalue weighted by Gasteiger charge is -2.14. The highest BCUT2D eigenvalue weighted by molar-refractivity contribution is 7.17. The fourth-order valence-corrected chi connectivity index (χ4v) is 5.07. The van der Waals surface area contributed by atoms with Crippen molar-refractivity contribution >= 4 is 32.9 Å². The smallest absolute Gasteiger partial charge is 0.239 e. The molecule has 0 aliphatic rings. The molecule has 2 heterocycles. The van der Waals surface area contributed by atoms with Crippen LogP contribution in [0.5, 0.6) is 5.75 Å². The number of halogens is 2. The third-order valence-electron chi connectivity index (χ3n) is 6.14. The zero-order chi connectivity index (χ0) is 26.7. The highest BCUT2D eigenvalue weighted by Gasteiger charge is 2.11. The maximum atomic E-state index is 12.2. The molecule has 4 aromatic rings. The Kier molecular flexibility index (Phi) is 10.4. The molecule has 4 rings (SSSR count). The summed E-state index contributed by atoms with van der Waals surface area (Å²) in [5, 5.41) is 20.8. The highest BCUT2D eigenvalue weighted by atomic mass is 32.1. The number of anilines is 2. The van der Waals surface area contributed by atoms with Crippen LogP contribution in [0, 0.1) is 6.92 Å². The van der Waals surface area contributed by atoms with Crippen molar-refractivity contribution < 1.29 is 18.6 Å². The number of benzene rings is 2. The minimum atomic E-state index is -2.26. The molecule has 0 radical (unpaired) electrons. The second kappa shape index (κ2) is 14.2. The predicted molar refractivity (Wildman–Crippen MR) is 152 cm³/mol. The monoisotopic (exact) mass is 540 g/mol. The van der Waals surface area contributed by atoms with Gasteiger partial charge in [0, 0.05) is 43.3 Å². The Morgan fingerprint density at radius 2 is 1.89 bits per heavy atom. The summed E-state index contributed by atoms with van der Waals surface area (Å²) in [6.45, 7) is 4.93. The van der Waals surface area contributed by atoms with Gasteiger partial charge in [-0.05, 0) is 66.4 Å². The van der Waals surface area contributed by atoms with Gasteiger partial charge in [-0.3, -0.25) is 4.98 Å². The number of aliphatic hydroxyl groups is 1. The van der Waals surface area contributed by atoms with Gasteiger partial charge in [-0.2, -0.15) is 0 Å². The fraction of sp³-hybridized carbons (Fsp3) is 0.345. The van der Waals surface area contributed by atoms with Gasteiger partial charge in [0.25, 0.3) is 0 Å². The van der Waals surface area contributed by atoms with Crippen LogP contribution in [-0.2, 0) is 6.54 Å². The van der Waals surface area contributed by atoms with Gasteiger partial charge in [-0.15, -0.1) is 11.3 Å². The first kappa shape index (κ1) is 27.9. The van der Waals surface area contributed by atoms with Gasteiger partial charge in [0.2, 0.25) is 6.43 Å². The minimum Gasteiger partial charge on any atom is -0.494 e. The average molecular weight is 541 g/mol. The summed E-state index contributed by atoms with van der Waals surface area (Å²) in [5.74, 6) is 0.783. The Labute approximate surface area is 226 Å². The molecule has 0 saturated heterocycles. The van der Waals surface area contributed by atoms with Gasteiger partial charge in [0.1, 0.15) is 11.3 Å². The van der Waals surface area contributed by atoms with Crippen LogP contribution in [0.2, 0.25) is 0 Å². The van der Waals surface area contributed by atoms with Crippen molar-refractivity contribution in [3.05, 3.63) is 71.2 Å². The molecule has 2 aromatic heterocycles. The van der Waals surface area contributed by atoms with E-state index in [1.807, 2.05) is 30.5 Å². The third kappa shape index (κ3) is 7.70. The molecule has 9 heteroatoms. The molecule has 0 amide bonds. The highest BCUT2D eigenvalue weighted by Crippen LogP contribution is 2.35. The lowest BCUT2D eigenvalue weighted by Crippen LogP contribution is -2.20. The van der Waals surface area contributed by atoms with Crippen molar-refractivity contribution in [2.24, 2.45) is 0 Å². The van der Waals surface area contributed by atoms with E-state index in [0.29, 0.717) is 32.8 Å². The first-order valence-corrected chi connectivity index (χ1v) is 13.7. The molecule has 0 unspecified atom stereocenters. The molecule has 4 N–H and O–H groups in total. The van der Waals surface area contributed by atoms with Crippen LogP contribution >= 0.6 is 11.3 Å². The number of rotatable bonds is 15. The zero-order valence-corrected chi connectivity index (χ0v) is 22.3. The van der Waals surface area contributed by atoms with Crippen molar-refractivity contribution in [3.63, 3.8) is 0 Å². The van der Waals surface area contributed by atoms with Crippen molar-refractivity contribution in [1.82, 2.24) is 15.6 Å². The normalized spacial score (nSPS) is 11.4. The van der Waals surface area contributed by atoms with E-state index in [1.165, 1.54) is 0 Å². The number of fused-ring (bicyclic) bond motifs is 1. The molecule has 0 spiro atoms. The van der Waals surface area contributed by atoms with Gasteiger partial charge in [-0.25, -0.2) is 8.78 Å². The van der Waals surface area contributed by atoms with Crippen molar-refractivity contribution in [1.29, 1.82) is 0 Å². The molecule has 2 aromatic carbocycles. The first-order chi connectivity index (χ1) is 18.5. The Balaban J connectivity index is 1.40. The topological polar surface area (TPSA) is 78.4 Å². The van der Waals surface area contributed by atoms with Crippen LogP contribution in [-0.4, -0.2) is 49.4 Å². The van der Waals surface area contributed by atoms with Crippen LogP contribution in [0.15, 0.2) is 60.1 Å². The number of hydrogen-bond acceptors (Lipinski definition) is 7. The summed E-state index contributed by atoms with van der Waals surface area (Å²) >= 11 is 1.65. The zero-order valence-electron chi connectivity index (χ0n) is 21.5. The molecule has 0 atom stereocenters. The molecule has 0 aliphatic carbocycles. The van der Waals surface area contributed by atoms with Gasteiger partial charge < -0.3 is 25.8 Å². The second-order valence-corrected chi connectivity index (χ2v) is 9.91. The van der Waals surface area contributed by atoms with Crippen molar-refractivity contribution in [2.75, 3.05) is 38.2 Å². The largest absolute Gasteiger partial charge is 0.494 e. The number of pyridine rings is 1. The maximum absolute atomic E-state index is 12.2. The molecule has 0 saturated carbocycles. The van der Waals surface area contributed by atoms with E-state index in [4.69, 9.17) is 9.84 Å². The molecule has 0 fully saturated rings. The Bertz CT molecular complexity index is 1310. The van der Waals surface area contributed by atoms with Crippen LogP contribution in [0.1, 0.15) is 24.0 Å². The summed E-state index contributed by atoms with van der Waals surface area (Å²) in [4.78, 5) is 4.69. The summed E-state index contributed by atoms with van der Waals surface area (Å²) in [6, 6.07) is 16.4. The van der Waals surface area contributed by atoms with E-state index >= 15 is 0 Å². The van der Waals surface area contributed by atoms with E-state index in [-0.39, 0.29) is 13.0 Å². The molecule has 0 aliphatic heterocycles. The van der Waals surface area contributed by atoms with Gasteiger partial charge in [-0.1, -0.05) is 24.3 Å². The number of aromatic nitrogens is 1. The average Bonchev–Trinajstić information content (AvgIpc) is 3.31. The number of hydrogen-bond donors (Lipinski definition) is 4. The molecule has 0 bridgehead atoms.